The van der Waals surface area contributed by atoms with Gasteiger partial charge >= 0.3 is 11.6 Å². The number of amides is 1. The molecule has 1 atom stereocenters. The SMILES string of the molecule is CC(C)[C@H](C)NC(=O)COC(=O)COc1ccc2c3c(c(=O)oc2c1)CCC3. The number of carbonyl (C=O) groups excluding carboxylic acids is 2. The fourth-order valence-electron chi connectivity index (χ4n) is 3.15. The Labute approximate surface area is 163 Å². The summed E-state index contributed by atoms with van der Waals surface area (Å²) in [5.41, 5.74) is 1.94. The molecule has 7 heteroatoms. The molecule has 150 valence electrons. The molecular weight excluding hydrogens is 362 g/mol. The van der Waals surface area contributed by atoms with Crippen molar-refractivity contribution in [1.82, 2.24) is 5.32 Å². The van der Waals surface area contributed by atoms with Gasteiger partial charge in [0.15, 0.2) is 13.2 Å². The number of nitrogens with one attached hydrogen (secondary N) is 1. The molecule has 0 radical (unpaired) electrons. The Bertz CT molecular complexity index is 946. The summed E-state index contributed by atoms with van der Waals surface area (Å²) in [4.78, 5) is 35.6. The van der Waals surface area contributed by atoms with Gasteiger partial charge in [-0.1, -0.05) is 13.8 Å². The Morgan fingerprint density at radius 2 is 1.89 bits per heavy atom. The van der Waals surface area contributed by atoms with E-state index < -0.39 is 5.97 Å². The van der Waals surface area contributed by atoms with Crippen LogP contribution >= 0.6 is 0 Å². The van der Waals surface area contributed by atoms with Gasteiger partial charge in [0.25, 0.3) is 5.91 Å². The standard InChI is InChI=1S/C21H25NO6/c1-12(2)13(3)22-19(23)10-27-20(24)11-26-14-7-8-16-15-5-4-6-17(15)21(25)28-18(16)9-14/h7-9,12-13H,4-6,10-11H2,1-3H3,(H,22,23)/t13-/m0/s1. The quantitative estimate of drug-likeness (QED) is 0.579. The van der Waals surface area contributed by atoms with E-state index in [-0.39, 0.29) is 36.7 Å². The first-order valence-corrected chi connectivity index (χ1v) is 9.51. The Morgan fingerprint density at radius 1 is 1.14 bits per heavy atom. The highest BCUT2D eigenvalue weighted by Crippen LogP contribution is 2.29. The molecule has 2 aromatic rings. The van der Waals surface area contributed by atoms with Crippen LogP contribution in [0.3, 0.4) is 0 Å². The Balaban J connectivity index is 1.55. The molecule has 0 bridgehead atoms. The number of ether oxygens (including phenoxy) is 2. The van der Waals surface area contributed by atoms with Crippen molar-refractivity contribution in [3.63, 3.8) is 0 Å². The number of carbonyl (C=O) groups is 2. The molecule has 7 nitrogen and oxygen atoms in total. The zero-order chi connectivity index (χ0) is 20.3. The third kappa shape index (κ3) is 4.52. The maximum atomic E-state index is 12.1. The highest BCUT2D eigenvalue weighted by molar-refractivity contribution is 5.83. The summed E-state index contributed by atoms with van der Waals surface area (Å²) in [7, 11) is 0. The predicted octanol–water partition coefficient (Wildman–Crippen LogP) is 2.36. The topological polar surface area (TPSA) is 94.8 Å². The number of esters is 1. The predicted molar refractivity (Wildman–Crippen MR) is 103 cm³/mol. The number of hydrogen-bond donors (Lipinski definition) is 1. The van der Waals surface area contributed by atoms with Crippen molar-refractivity contribution in [1.29, 1.82) is 0 Å². The molecule has 0 saturated heterocycles. The molecule has 1 aliphatic rings. The first-order valence-electron chi connectivity index (χ1n) is 9.51. The summed E-state index contributed by atoms with van der Waals surface area (Å²) in [6.45, 7) is 5.18. The second kappa shape index (κ2) is 8.46. The largest absolute Gasteiger partial charge is 0.482 e. The van der Waals surface area contributed by atoms with Gasteiger partial charge in [-0.15, -0.1) is 0 Å². The number of benzene rings is 1. The van der Waals surface area contributed by atoms with Gasteiger partial charge in [0.05, 0.1) is 0 Å². The minimum absolute atomic E-state index is 0.00356. The van der Waals surface area contributed by atoms with Crippen molar-refractivity contribution in [3.05, 3.63) is 39.7 Å². The van der Waals surface area contributed by atoms with Crippen LogP contribution in [0.25, 0.3) is 11.0 Å². The van der Waals surface area contributed by atoms with Crippen molar-refractivity contribution in [2.24, 2.45) is 5.92 Å². The lowest BCUT2D eigenvalue weighted by molar-refractivity contribution is -0.150. The van der Waals surface area contributed by atoms with E-state index in [9.17, 15) is 14.4 Å². The van der Waals surface area contributed by atoms with Crippen LogP contribution in [0.5, 0.6) is 5.75 Å². The Kier molecular flexibility index (Phi) is 6.02. The van der Waals surface area contributed by atoms with Gasteiger partial charge in [-0.3, -0.25) is 4.79 Å². The maximum absolute atomic E-state index is 12.1. The Morgan fingerprint density at radius 3 is 2.64 bits per heavy atom. The summed E-state index contributed by atoms with van der Waals surface area (Å²) >= 11 is 0. The molecule has 1 amide bonds. The Hall–Kier alpha value is -2.83. The number of aryl methyl sites for hydroxylation is 1. The van der Waals surface area contributed by atoms with Crippen LogP contribution in [0.2, 0.25) is 0 Å². The van der Waals surface area contributed by atoms with E-state index in [0.29, 0.717) is 11.3 Å². The summed E-state index contributed by atoms with van der Waals surface area (Å²) in [6, 6.07) is 5.16. The first kappa shape index (κ1) is 19.9. The highest BCUT2D eigenvalue weighted by atomic mass is 16.6. The first-order chi connectivity index (χ1) is 13.3. The molecule has 0 unspecified atom stereocenters. The smallest absolute Gasteiger partial charge is 0.344 e. The van der Waals surface area contributed by atoms with Gasteiger partial charge in [-0.2, -0.15) is 0 Å². The molecular formula is C21H25NO6. The van der Waals surface area contributed by atoms with E-state index in [2.05, 4.69) is 5.32 Å². The molecule has 1 aromatic heterocycles. The van der Waals surface area contributed by atoms with Crippen LogP contribution in [0.1, 0.15) is 38.3 Å². The van der Waals surface area contributed by atoms with E-state index in [1.54, 1.807) is 12.1 Å². The molecule has 1 heterocycles. The van der Waals surface area contributed by atoms with E-state index in [1.165, 1.54) is 0 Å². The molecule has 1 aliphatic carbocycles. The van der Waals surface area contributed by atoms with Crippen molar-refractivity contribution in [2.75, 3.05) is 13.2 Å². The summed E-state index contributed by atoms with van der Waals surface area (Å²) in [6.07, 6.45) is 2.56. The zero-order valence-electron chi connectivity index (χ0n) is 16.4. The number of rotatable bonds is 7. The zero-order valence-corrected chi connectivity index (χ0v) is 16.4. The molecule has 3 rings (SSSR count). The lowest BCUT2D eigenvalue weighted by Gasteiger charge is -2.17. The third-order valence-corrected chi connectivity index (χ3v) is 5.05. The second-order valence-corrected chi connectivity index (χ2v) is 7.41. The minimum atomic E-state index is -0.650. The monoisotopic (exact) mass is 387 g/mol. The van der Waals surface area contributed by atoms with Crippen LogP contribution in [0.15, 0.2) is 27.4 Å². The maximum Gasteiger partial charge on any atom is 0.344 e. The second-order valence-electron chi connectivity index (χ2n) is 7.41. The normalized spacial score (nSPS) is 14.0. The van der Waals surface area contributed by atoms with Crippen molar-refractivity contribution >= 4 is 22.8 Å². The molecule has 0 aliphatic heterocycles. The molecule has 1 aromatic carbocycles. The molecule has 0 spiro atoms. The molecule has 1 N–H and O–H groups in total. The summed E-state index contributed by atoms with van der Waals surface area (Å²) in [5, 5.41) is 3.66. The van der Waals surface area contributed by atoms with Gasteiger partial charge in [0.2, 0.25) is 0 Å². The van der Waals surface area contributed by atoms with Crippen LogP contribution in [0, 0.1) is 5.92 Å². The fourth-order valence-corrected chi connectivity index (χ4v) is 3.15. The number of fused-ring (bicyclic) bond motifs is 3. The molecule has 0 saturated carbocycles. The fraction of sp³-hybridized carbons (Fsp3) is 0.476. The van der Waals surface area contributed by atoms with Crippen molar-refractivity contribution < 1.29 is 23.5 Å². The number of hydrogen-bond acceptors (Lipinski definition) is 6. The van der Waals surface area contributed by atoms with Gasteiger partial charge in [-0.25, -0.2) is 9.59 Å². The van der Waals surface area contributed by atoms with Crippen LogP contribution < -0.4 is 15.7 Å². The minimum Gasteiger partial charge on any atom is -0.482 e. The third-order valence-electron chi connectivity index (χ3n) is 5.05. The van der Waals surface area contributed by atoms with Gasteiger partial charge < -0.3 is 19.2 Å². The summed E-state index contributed by atoms with van der Waals surface area (Å²) < 4.78 is 15.7. The highest BCUT2D eigenvalue weighted by Gasteiger charge is 2.20. The molecule has 28 heavy (non-hydrogen) atoms. The van der Waals surface area contributed by atoms with Crippen LogP contribution in [-0.4, -0.2) is 31.1 Å². The van der Waals surface area contributed by atoms with E-state index in [4.69, 9.17) is 13.9 Å². The van der Waals surface area contributed by atoms with E-state index >= 15 is 0 Å². The average Bonchev–Trinajstić information content (AvgIpc) is 3.15. The average molecular weight is 387 g/mol. The lowest BCUT2D eigenvalue weighted by atomic mass is 10.1. The van der Waals surface area contributed by atoms with Crippen LogP contribution in [-0.2, 0) is 27.2 Å². The lowest BCUT2D eigenvalue weighted by Crippen LogP contribution is -2.39. The molecule has 0 fully saturated rings. The van der Waals surface area contributed by atoms with E-state index in [0.717, 1.165) is 35.8 Å². The van der Waals surface area contributed by atoms with Gasteiger partial charge in [0.1, 0.15) is 11.3 Å². The van der Waals surface area contributed by atoms with Gasteiger partial charge in [-0.05, 0) is 49.8 Å². The summed E-state index contributed by atoms with van der Waals surface area (Å²) in [5.74, 6) is -0.320. The van der Waals surface area contributed by atoms with Crippen LogP contribution in [0.4, 0.5) is 0 Å². The van der Waals surface area contributed by atoms with Gasteiger partial charge in [0, 0.05) is 23.1 Å². The van der Waals surface area contributed by atoms with Crippen molar-refractivity contribution in [3.8, 4) is 5.75 Å². The van der Waals surface area contributed by atoms with E-state index in [1.807, 2.05) is 26.8 Å². The van der Waals surface area contributed by atoms with Crippen molar-refractivity contribution in [2.45, 2.75) is 46.1 Å².